The first-order valence-electron chi connectivity index (χ1n) is 7.09. The number of aromatic hydroxyl groups is 1. The van der Waals surface area contributed by atoms with E-state index in [1.54, 1.807) is 24.3 Å². The van der Waals surface area contributed by atoms with Crippen molar-refractivity contribution in [3.63, 3.8) is 0 Å². The van der Waals surface area contributed by atoms with Crippen molar-refractivity contribution in [1.29, 1.82) is 0 Å². The minimum absolute atomic E-state index is 0. The standard InChI is InChI=1S/C16H14Cl2N2O3S.CH4/c17-12-5-14-15(6-13(12)18)20-16(19-14)24-8-10(22)7-23-11-3-1-9(21)2-4-11;/h1-6,10,21-22H,7-8H2,(H,19,20);1H4/t10-;/m1./s1. The maximum absolute atomic E-state index is 10.0. The number of hydrogen-bond donors (Lipinski definition) is 3. The Kier molecular flexibility index (Phi) is 6.84. The molecule has 8 heteroatoms. The quantitative estimate of drug-likeness (QED) is 0.520. The van der Waals surface area contributed by atoms with Crippen LogP contribution >= 0.6 is 35.0 Å². The van der Waals surface area contributed by atoms with E-state index in [0.29, 0.717) is 26.7 Å². The third-order valence-corrected chi connectivity index (χ3v) is 4.93. The molecule has 1 atom stereocenters. The molecule has 5 nitrogen and oxygen atoms in total. The Labute approximate surface area is 159 Å². The van der Waals surface area contributed by atoms with Gasteiger partial charge in [-0.1, -0.05) is 42.4 Å². The second kappa shape index (κ2) is 8.67. The molecule has 1 aromatic heterocycles. The smallest absolute Gasteiger partial charge is 0.166 e. The number of aliphatic hydroxyl groups is 1. The minimum atomic E-state index is -0.663. The summed E-state index contributed by atoms with van der Waals surface area (Å²) in [5, 5.41) is 20.8. The van der Waals surface area contributed by atoms with E-state index in [9.17, 15) is 10.2 Å². The number of benzene rings is 2. The van der Waals surface area contributed by atoms with E-state index < -0.39 is 6.10 Å². The van der Waals surface area contributed by atoms with Gasteiger partial charge in [0.25, 0.3) is 0 Å². The number of H-pyrrole nitrogens is 1. The molecule has 0 aliphatic heterocycles. The van der Waals surface area contributed by atoms with E-state index in [-0.39, 0.29) is 19.8 Å². The number of phenols is 1. The fraction of sp³-hybridized carbons (Fsp3) is 0.235. The summed E-state index contributed by atoms with van der Waals surface area (Å²) in [5.74, 6) is 1.17. The zero-order chi connectivity index (χ0) is 17.1. The first-order chi connectivity index (χ1) is 11.5. The minimum Gasteiger partial charge on any atom is -0.508 e. The molecule has 134 valence electrons. The Hall–Kier alpha value is -1.60. The van der Waals surface area contributed by atoms with Crippen molar-refractivity contribution in [2.24, 2.45) is 0 Å². The van der Waals surface area contributed by atoms with Crippen molar-refractivity contribution in [3.8, 4) is 11.5 Å². The Morgan fingerprint density at radius 3 is 2.56 bits per heavy atom. The lowest BCUT2D eigenvalue weighted by Crippen LogP contribution is -2.20. The number of nitrogens with one attached hydrogen (secondary N) is 1. The Bertz CT molecular complexity index is 801. The lowest BCUT2D eigenvalue weighted by molar-refractivity contribution is 0.126. The summed E-state index contributed by atoms with van der Waals surface area (Å²) in [7, 11) is 0. The van der Waals surface area contributed by atoms with E-state index in [4.69, 9.17) is 27.9 Å². The first kappa shape index (κ1) is 19.7. The van der Waals surface area contributed by atoms with Gasteiger partial charge in [0.1, 0.15) is 18.1 Å². The maximum Gasteiger partial charge on any atom is 0.166 e. The molecule has 1 heterocycles. The van der Waals surface area contributed by atoms with Gasteiger partial charge in [-0.05, 0) is 36.4 Å². The number of imidazole rings is 1. The number of thioether (sulfide) groups is 1. The summed E-state index contributed by atoms with van der Waals surface area (Å²) in [4.78, 5) is 7.53. The molecular formula is C17H18Cl2N2O3S. The predicted molar refractivity (Wildman–Crippen MR) is 103 cm³/mol. The lowest BCUT2D eigenvalue weighted by atomic mass is 10.3. The number of phenolic OH excluding ortho intramolecular Hbond substituents is 1. The van der Waals surface area contributed by atoms with Gasteiger partial charge in [-0.2, -0.15) is 0 Å². The maximum atomic E-state index is 10.0. The molecule has 2 aromatic carbocycles. The highest BCUT2D eigenvalue weighted by molar-refractivity contribution is 7.99. The molecule has 0 radical (unpaired) electrons. The molecule has 3 rings (SSSR count). The Morgan fingerprint density at radius 1 is 1.16 bits per heavy atom. The van der Waals surface area contributed by atoms with Gasteiger partial charge in [-0.3, -0.25) is 0 Å². The number of nitrogens with zero attached hydrogens (tertiary/aromatic N) is 1. The van der Waals surface area contributed by atoms with Crippen molar-refractivity contribution in [3.05, 3.63) is 46.4 Å². The number of ether oxygens (including phenoxy) is 1. The van der Waals surface area contributed by atoms with Gasteiger partial charge in [0, 0.05) is 5.75 Å². The van der Waals surface area contributed by atoms with Crippen LogP contribution in [0, 0.1) is 0 Å². The molecule has 0 amide bonds. The first-order valence-corrected chi connectivity index (χ1v) is 8.83. The van der Waals surface area contributed by atoms with Crippen molar-refractivity contribution < 1.29 is 14.9 Å². The molecule has 0 aliphatic rings. The van der Waals surface area contributed by atoms with Crippen LogP contribution in [-0.4, -0.2) is 38.6 Å². The topological polar surface area (TPSA) is 78.4 Å². The Balaban J connectivity index is 0.00000225. The highest BCUT2D eigenvalue weighted by Crippen LogP contribution is 2.28. The van der Waals surface area contributed by atoms with Crippen LogP contribution in [0.2, 0.25) is 10.0 Å². The number of aliphatic hydroxyl groups excluding tert-OH is 1. The summed E-state index contributed by atoms with van der Waals surface area (Å²) < 4.78 is 5.46. The number of fused-ring (bicyclic) bond motifs is 1. The van der Waals surface area contributed by atoms with Gasteiger partial charge in [0.2, 0.25) is 0 Å². The van der Waals surface area contributed by atoms with E-state index in [2.05, 4.69) is 9.97 Å². The third-order valence-electron chi connectivity index (χ3n) is 3.19. The highest BCUT2D eigenvalue weighted by atomic mass is 35.5. The Morgan fingerprint density at radius 2 is 1.84 bits per heavy atom. The fourth-order valence-corrected chi connectivity index (χ4v) is 3.12. The largest absolute Gasteiger partial charge is 0.508 e. The molecule has 3 aromatic rings. The highest BCUT2D eigenvalue weighted by Gasteiger charge is 2.11. The average Bonchev–Trinajstić information content (AvgIpc) is 2.94. The third kappa shape index (κ3) is 5.19. The van der Waals surface area contributed by atoms with Gasteiger partial charge < -0.3 is 19.9 Å². The summed E-state index contributed by atoms with van der Waals surface area (Å²) in [6, 6.07) is 9.76. The predicted octanol–water partition coefficient (Wildman–Crippen LogP) is 4.74. The van der Waals surface area contributed by atoms with Crippen molar-refractivity contribution in [2.45, 2.75) is 18.7 Å². The van der Waals surface area contributed by atoms with Gasteiger partial charge in [-0.15, -0.1) is 0 Å². The molecular weight excluding hydrogens is 383 g/mol. The van der Waals surface area contributed by atoms with Crippen LogP contribution in [0.15, 0.2) is 41.6 Å². The van der Waals surface area contributed by atoms with E-state index in [0.717, 1.165) is 11.0 Å². The van der Waals surface area contributed by atoms with Crippen LogP contribution in [0.25, 0.3) is 11.0 Å². The van der Waals surface area contributed by atoms with E-state index in [1.165, 1.54) is 23.9 Å². The van der Waals surface area contributed by atoms with Gasteiger partial charge >= 0.3 is 0 Å². The molecule has 0 saturated heterocycles. The van der Waals surface area contributed by atoms with Crippen LogP contribution in [0.4, 0.5) is 0 Å². The van der Waals surface area contributed by atoms with Crippen LogP contribution in [0.1, 0.15) is 7.43 Å². The summed E-state index contributed by atoms with van der Waals surface area (Å²) in [6.07, 6.45) is -0.663. The van der Waals surface area contributed by atoms with Crippen molar-refractivity contribution in [1.82, 2.24) is 9.97 Å². The molecule has 3 N–H and O–H groups in total. The number of hydrogen-bond acceptors (Lipinski definition) is 5. The molecule has 0 aliphatic carbocycles. The van der Waals surface area contributed by atoms with Gasteiger partial charge in [-0.25, -0.2) is 4.98 Å². The fourth-order valence-electron chi connectivity index (χ4n) is 2.01. The zero-order valence-corrected chi connectivity index (χ0v) is 14.7. The van der Waals surface area contributed by atoms with Crippen LogP contribution in [0.5, 0.6) is 11.5 Å². The monoisotopic (exact) mass is 400 g/mol. The second-order valence-corrected chi connectivity index (χ2v) is 6.92. The normalized spacial score (nSPS) is 12.0. The van der Waals surface area contributed by atoms with E-state index >= 15 is 0 Å². The van der Waals surface area contributed by atoms with Crippen LogP contribution in [-0.2, 0) is 0 Å². The molecule has 0 bridgehead atoms. The van der Waals surface area contributed by atoms with Gasteiger partial charge in [0.05, 0.1) is 27.2 Å². The lowest BCUT2D eigenvalue weighted by Gasteiger charge is -2.11. The summed E-state index contributed by atoms with van der Waals surface area (Å²) in [6.45, 7) is 0.148. The second-order valence-electron chi connectivity index (χ2n) is 5.10. The van der Waals surface area contributed by atoms with Crippen LogP contribution in [0.3, 0.4) is 0 Å². The molecule has 25 heavy (non-hydrogen) atoms. The number of halogens is 2. The summed E-state index contributed by atoms with van der Waals surface area (Å²) in [5.41, 5.74) is 1.52. The summed E-state index contributed by atoms with van der Waals surface area (Å²) >= 11 is 13.3. The van der Waals surface area contributed by atoms with Crippen molar-refractivity contribution in [2.75, 3.05) is 12.4 Å². The van der Waals surface area contributed by atoms with E-state index in [1.807, 2.05) is 0 Å². The molecule has 0 saturated carbocycles. The zero-order valence-electron chi connectivity index (χ0n) is 12.4. The molecule has 0 fully saturated rings. The van der Waals surface area contributed by atoms with Gasteiger partial charge in [0.15, 0.2) is 5.16 Å². The number of aromatic amines is 1. The molecule has 0 spiro atoms. The number of rotatable bonds is 6. The van der Waals surface area contributed by atoms with Crippen LogP contribution < -0.4 is 4.74 Å². The number of aromatic nitrogens is 2. The SMILES string of the molecule is C.Oc1ccc(OC[C@@H](O)CSc2nc3cc(Cl)c(Cl)cc3[nH]2)cc1. The average molecular weight is 401 g/mol. The molecule has 0 unspecified atom stereocenters. The van der Waals surface area contributed by atoms with Crippen molar-refractivity contribution >= 4 is 46.0 Å².